The van der Waals surface area contributed by atoms with E-state index in [1.54, 1.807) is 24.3 Å². The van der Waals surface area contributed by atoms with E-state index in [-0.39, 0.29) is 5.92 Å². The number of aromatic hydroxyl groups is 1. The van der Waals surface area contributed by atoms with Gasteiger partial charge in [-0.2, -0.15) is 0 Å². The molecule has 2 aromatic rings. The molecule has 7 heteroatoms. The zero-order chi connectivity index (χ0) is 20.5. The summed E-state index contributed by atoms with van der Waals surface area (Å²) in [6, 6.07) is 12.6. The smallest absolute Gasteiger partial charge is 0.412 e. The van der Waals surface area contributed by atoms with Gasteiger partial charge in [-0.1, -0.05) is 37.3 Å². The van der Waals surface area contributed by atoms with Crippen molar-refractivity contribution in [2.75, 3.05) is 5.32 Å². The first-order chi connectivity index (χ1) is 13.4. The molecule has 0 unspecified atom stereocenters. The molecule has 0 aliphatic heterocycles. The molecule has 1 amide bonds. The fourth-order valence-electron chi connectivity index (χ4n) is 2.69. The zero-order valence-electron chi connectivity index (χ0n) is 15.3. The van der Waals surface area contributed by atoms with E-state index < -0.39 is 29.7 Å². The molecule has 148 valence electrons. The van der Waals surface area contributed by atoms with Crippen LogP contribution < -0.4 is 5.32 Å². The number of anilines is 1. The molecular weight excluding hydrogens is 365 g/mol. The number of allylic oxidation sites excluding steroid dienone is 1. The lowest BCUT2D eigenvalue weighted by atomic mass is 9.93. The van der Waals surface area contributed by atoms with Crippen molar-refractivity contribution in [1.29, 1.82) is 0 Å². The van der Waals surface area contributed by atoms with Crippen molar-refractivity contribution < 1.29 is 28.9 Å². The van der Waals surface area contributed by atoms with Gasteiger partial charge in [0.05, 0.1) is 0 Å². The topological polar surface area (TPSA) is 95.9 Å². The van der Waals surface area contributed by atoms with E-state index in [1.165, 1.54) is 18.2 Å². The van der Waals surface area contributed by atoms with E-state index in [2.05, 4.69) is 5.32 Å². The van der Waals surface area contributed by atoms with Crippen LogP contribution in [0.25, 0.3) is 0 Å². The highest BCUT2D eigenvalue weighted by Crippen LogP contribution is 2.32. The summed E-state index contributed by atoms with van der Waals surface area (Å²) in [6.45, 7) is 1.82. The van der Waals surface area contributed by atoms with Crippen LogP contribution in [0.5, 0.6) is 5.75 Å². The molecule has 0 bridgehead atoms. The summed E-state index contributed by atoms with van der Waals surface area (Å²) in [5, 5.41) is 20.7. The van der Waals surface area contributed by atoms with Crippen molar-refractivity contribution in [3.05, 3.63) is 72.1 Å². The molecule has 0 spiro atoms. The molecule has 0 radical (unpaired) electrons. The van der Waals surface area contributed by atoms with Gasteiger partial charge in [-0.05, 0) is 48.6 Å². The molecule has 0 aliphatic carbocycles. The summed E-state index contributed by atoms with van der Waals surface area (Å²) < 4.78 is 19.3. The molecule has 0 fully saturated rings. The van der Waals surface area contributed by atoms with Crippen molar-refractivity contribution in [2.24, 2.45) is 5.92 Å². The Balaban J connectivity index is 2.13. The first-order valence-corrected chi connectivity index (χ1v) is 8.77. The third kappa shape index (κ3) is 6.42. The van der Waals surface area contributed by atoms with Crippen LogP contribution in [0, 0.1) is 11.7 Å². The summed E-state index contributed by atoms with van der Waals surface area (Å²) in [5.74, 6) is -2.58. The SMILES string of the molecule is C[C@@H](CC/C=C/C(=O)O)[C@H](OC(=O)Nc1ccccc1)c1ccc(O)c(F)c1. The van der Waals surface area contributed by atoms with Gasteiger partial charge in [-0.25, -0.2) is 14.0 Å². The van der Waals surface area contributed by atoms with Crippen LogP contribution in [0.15, 0.2) is 60.7 Å². The number of aliphatic carboxylic acids is 1. The maximum Gasteiger partial charge on any atom is 0.412 e. The van der Waals surface area contributed by atoms with Crippen molar-refractivity contribution in [1.82, 2.24) is 0 Å². The zero-order valence-corrected chi connectivity index (χ0v) is 15.3. The van der Waals surface area contributed by atoms with Crippen molar-refractivity contribution >= 4 is 17.7 Å². The van der Waals surface area contributed by atoms with E-state index in [9.17, 15) is 19.1 Å². The average molecular weight is 387 g/mol. The minimum Gasteiger partial charge on any atom is -0.505 e. The third-order valence-corrected chi connectivity index (χ3v) is 4.12. The minimum atomic E-state index is -1.04. The second-order valence-corrected chi connectivity index (χ2v) is 6.32. The van der Waals surface area contributed by atoms with Crippen molar-refractivity contribution in [2.45, 2.75) is 25.9 Å². The lowest BCUT2D eigenvalue weighted by Crippen LogP contribution is -2.22. The maximum atomic E-state index is 13.8. The molecular formula is C21H22FNO5. The summed E-state index contributed by atoms with van der Waals surface area (Å²) in [4.78, 5) is 22.9. The summed E-state index contributed by atoms with van der Waals surface area (Å²) in [7, 11) is 0. The molecule has 0 aromatic heterocycles. The molecule has 3 N–H and O–H groups in total. The fourth-order valence-corrected chi connectivity index (χ4v) is 2.69. The van der Waals surface area contributed by atoms with Crippen LogP contribution in [0.3, 0.4) is 0 Å². The Morgan fingerprint density at radius 3 is 2.57 bits per heavy atom. The molecule has 0 aliphatic rings. The third-order valence-electron chi connectivity index (χ3n) is 4.12. The lowest BCUT2D eigenvalue weighted by Gasteiger charge is -2.24. The highest BCUT2D eigenvalue weighted by atomic mass is 19.1. The number of halogens is 1. The van der Waals surface area contributed by atoms with Gasteiger partial charge >= 0.3 is 12.1 Å². The maximum absolute atomic E-state index is 13.8. The number of phenols is 1. The molecule has 2 rings (SSSR count). The van der Waals surface area contributed by atoms with Crippen LogP contribution in [0.4, 0.5) is 14.9 Å². The van der Waals surface area contributed by atoms with Gasteiger partial charge in [-0.3, -0.25) is 5.32 Å². The number of ether oxygens (including phenoxy) is 1. The number of para-hydroxylation sites is 1. The van der Waals surface area contributed by atoms with Crippen LogP contribution in [0.1, 0.15) is 31.4 Å². The van der Waals surface area contributed by atoms with Gasteiger partial charge in [0.25, 0.3) is 0 Å². The highest BCUT2D eigenvalue weighted by Gasteiger charge is 2.24. The normalized spacial score (nSPS) is 13.1. The number of nitrogens with one attached hydrogen (secondary N) is 1. The molecule has 0 heterocycles. The number of benzene rings is 2. The van der Waals surface area contributed by atoms with E-state index >= 15 is 0 Å². The Kier molecular flexibility index (Phi) is 7.56. The van der Waals surface area contributed by atoms with E-state index in [0.717, 1.165) is 12.1 Å². The van der Waals surface area contributed by atoms with E-state index in [0.29, 0.717) is 24.1 Å². The van der Waals surface area contributed by atoms with Crippen LogP contribution >= 0.6 is 0 Å². The number of carbonyl (C=O) groups is 2. The molecule has 2 atom stereocenters. The van der Waals surface area contributed by atoms with E-state index in [1.807, 2.05) is 13.0 Å². The number of phenolic OH excluding ortho intramolecular Hbond substituents is 1. The number of rotatable bonds is 8. The van der Waals surface area contributed by atoms with Crippen LogP contribution in [0.2, 0.25) is 0 Å². The Morgan fingerprint density at radius 2 is 1.93 bits per heavy atom. The standard InChI is InChI=1S/C21H22FNO5/c1-14(7-5-6-10-19(25)26)20(15-11-12-18(24)17(22)13-15)28-21(27)23-16-8-3-2-4-9-16/h2-4,6,8-14,20,24H,5,7H2,1H3,(H,23,27)(H,25,26)/b10-6+/t14-,20-/m0/s1. The molecule has 6 nitrogen and oxygen atoms in total. The second-order valence-electron chi connectivity index (χ2n) is 6.32. The first-order valence-electron chi connectivity index (χ1n) is 8.77. The molecule has 0 saturated carbocycles. The summed E-state index contributed by atoms with van der Waals surface area (Å²) in [6.07, 6.45) is 2.04. The Labute approximate surface area is 162 Å². The summed E-state index contributed by atoms with van der Waals surface area (Å²) >= 11 is 0. The number of hydrogen-bond acceptors (Lipinski definition) is 4. The van der Waals surface area contributed by atoms with Crippen LogP contribution in [-0.4, -0.2) is 22.3 Å². The average Bonchev–Trinajstić information content (AvgIpc) is 2.66. The summed E-state index contributed by atoms with van der Waals surface area (Å²) in [5.41, 5.74) is 0.952. The number of amides is 1. The minimum absolute atomic E-state index is 0.232. The first kappa shape index (κ1) is 21.0. The predicted octanol–water partition coefficient (Wildman–Crippen LogP) is 4.88. The largest absolute Gasteiger partial charge is 0.505 e. The second kappa shape index (κ2) is 10.1. The quantitative estimate of drug-likeness (QED) is 0.561. The molecule has 28 heavy (non-hydrogen) atoms. The Hall–Kier alpha value is -3.35. The van der Waals surface area contributed by atoms with Gasteiger partial charge in [0.15, 0.2) is 11.6 Å². The number of carboxylic acids is 1. The number of hydrogen-bond donors (Lipinski definition) is 3. The van der Waals surface area contributed by atoms with Gasteiger partial charge in [0.2, 0.25) is 0 Å². The number of carboxylic acid groups (broad SMARTS) is 1. The lowest BCUT2D eigenvalue weighted by molar-refractivity contribution is -0.131. The van der Waals surface area contributed by atoms with Gasteiger partial charge in [-0.15, -0.1) is 0 Å². The Bertz CT molecular complexity index is 838. The van der Waals surface area contributed by atoms with Crippen molar-refractivity contribution in [3.63, 3.8) is 0 Å². The highest BCUT2D eigenvalue weighted by molar-refractivity contribution is 5.84. The Morgan fingerprint density at radius 1 is 1.21 bits per heavy atom. The number of carbonyl (C=O) groups excluding carboxylic acids is 1. The van der Waals surface area contributed by atoms with E-state index in [4.69, 9.17) is 9.84 Å². The molecule has 0 saturated heterocycles. The van der Waals surface area contributed by atoms with Gasteiger partial charge in [0, 0.05) is 11.8 Å². The predicted molar refractivity (Wildman–Crippen MR) is 103 cm³/mol. The monoisotopic (exact) mass is 387 g/mol. The fraction of sp³-hybridized carbons (Fsp3) is 0.238. The molecule has 2 aromatic carbocycles. The van der Waals surface area contributed by atoms with Crippen molar-refractivity contribution in [3.8, 4) is 5.75 Å². The van der Waals surface area contributed by atoms with Crippen LogP contribution in [-0.2, 0) is 9.53 Å². The van der Waals surface area contributed by atoms with Gasteiger partial charge in [0.1, 0.15) is 6.10 Å². The van der Waals surface area contributed by atoms with Gasteiger partial charge < -0.3 is 14.9 Å².